The van der Waals surface area contributed by atoms with Crippen molar-refractivity contribution in [1.82, 2.24) is 5.32 Å². The maximum atomic E-state index is 5.82. The van der Waals surface area contributed by atoms with Crippen molar-refractivity contribution in [2.75, 3.05) is 13.7 Å². The molecule has 2 nitrogen and oxygen atoms in total. The minimum absolute atomic E-state index is 0.423. The first-order valence-electron chi connectivity index (χ1n) is 8.19. The van der Waals surface area contributed by atoms with Gasteiger partial charge in [0.2, 0.25) is 0 Å². The lowest BCUT2D eigenvalue weighted by atomic mass is 9.75. The van der Waals surface area contributed by atoms with E-state index >= 15 is 0 Å². The maximum Gasteiger partial charge on any atom is 0.124 e. The van der Waals surface area contributed by atoms with Crippen LogP contribution in [0.1, 0.15) is 57.6 Å². The SMILES string of the molecule is CCOc1ccccc1C(NC)C1CCCC(CC)C1. The quantitative estimate of drug-likeness (QED) is 0.821. The van der Waals surface area contributed by atoms with Crippen molar-refractivity contribution in [3.63, 3.8) is 0 Å². The molecule has 1 saturated carbocycles. The van der Waals surface area contributed by atoms with E-state index in [4.69, 9.17) is 4.74 Å². The fourth-order valence-electron chi connectivity index (χ4n) is 3.68. The van der Waals surface area contributed by atoms with E-state index in [0.29, 0.717) is 6.04 Å². The molecule has 3 atom stereocenters. The summed E-state index contributed by atoms with van der Waals surface area (Å²) < 4.78 is 5.82. The molecule has 3 unspecified atom stereocenters. The van der Waals surface area contributed by atoms with Gasteiger partial charge in [0.1, 0.15) is 5.75 Å². The van der Waals surface area contributed by atoms with Gasteiger partial charge in [0, 0.05) is 11.6 Å². The molecule has 0 spiro atoms. The first-order chi connectivity index (χ1) is 9.80. The van der Waals surface area contributed by atoms with Crippen LogP contribution >= 0.6 is 0 Å². The van der Waals surface area contributed by atoms with Crippen molar-refractivity contribution in [2.45, 2.75) is 52.0 Å². The van der Waals surface area contributed by atoms with Gasteiger partial charge >= 0.3 is 0 Å². The number of ether oxygens (including phenoxy) is 1. The molecule has 2 rings (SSSR count). The summed E-state index contributed by atoms with van der Waals surface area (Å²) in [4.78, 5) is 0. The number of para-hydroxylation sites is 1. The zero-order valence-corrected chi connectivity index (χ0v) is 13.2. The Labute approximate surface area is 123 Å². The summed E-state index contributed by atoms with van der Waals surface area (Å²) in [7, 11) is 2.09. The first-order valence-corrected chi connectivity index (χ1v) is 8.19. The normalized spacial score (nSPS) is 24.4. The van der Waals surface area contributed by atoms with E-state index < -0.39 is 0 Å². The standard InChI is InChI=1S/C18H29NO/c1-4-14-9-8-10-15(13-14)18(19-3)16-11-6-7-12-17(16)20-5-2/h6-7,11-12,14-15,18-19H,4-5,8-10,13H2,1-3H3. The van der Waals surface area contributed by atoms with Crippen LogP contribution < -0.4 is 10.1 Å². The molecule has 0 aliphatic heterocycles. The number of hydrogen-bond acceptors (Lipinski definition) is 2. The van der Waals surface area contributed by atoms with Crippen molar-refractivity contribution in [1.29, 1.82) is 0 Å². The Morgan fingerprint density at radius 3 is 2.75 bits per heavy atom. The second-order valence-electron chi connectivity index (χ2n) is 5.94. The monoisotopic (exact) mass is 275 g/mol. The van der Waals surface area contributed by atoms with Gasteiger partial charge in [-0.3, -0.25) is 0 Å². The number of nitrogens with one attached hydrogen (secondary N) is 1. The van der Waals surface area contributed by atoms with Gasteiger partial charge < -0.3 is 10.1 Å². The highest BCUT2D eigenvalue weighted by atomic mass is 16.5. The van der Waals surface area contributed by atoms with Gasteiger partial charge in [-0.15, -0.1) is 0 Å². The number of benzene rings is 1. The molecular formula is C18H29NO. The minimum atomic E-state index is 0.423. The molecule has 0 bridgehead atoms. The van der Waals surface area contributed by atoms with Crippen LogP contribution in [-0.4, -0.2) is 13.7 Å². The molecule has 112 valence electrons. The Morgan fingerprint density at radius 2 is 2.05 bits per heavy atom. The maximum absolute atomic E-state index is 5.82. The molecule has 0 heterocycles. The summed E-state index contributed by atoms with van der Waals surface area (Å²) in [6, 6.07) is 8.94. The van der Waals surface area contributed by atoms with Crippen molar-refractivity contribution in [3.05, 3.63) is 29.8 Å². The predicted octanol–water partition coefficient (Wildman–Crippen LogP) is 4.56. The molecule has 1 aromatic carbocycles. The average Bonchev–Trinajstić information content (AvgIpc) is 2.50. The largest absolute Gasteiger partial charge is 0.494 e. The zero-order chi connectivity index (χ0) is 14.4. The lowest BCUT2D eigenvalue weighted by molar-refractivity contribution is 0.211. The van der Waals surface area contributed by atoms with Gasteiger partial charge in [-0.25, -0.2) is 0 Å². The highest BCUT2D eigenvalue weighted by Crippen LogP contribution is 2.40. The van der Waals surface area contributed by atoms with Crippen molar-refractivity contribution in [2.24, 2.45) is 11.8 Å². The summed E-state index contributed by atoms with van der Waals surface area (Å²) in [5.41, 5.74) is 1.33. The lowest BCUT2D eigenvalue weighted by Crippen LogP contribution is -2.29. The van der Waals surface area contributed by atoms with Crippen LogP contribution in [0.4, 0.5) is 0 Å². The topological polar surface area (TPSA) is 21.3 Å². The van der Waals surface area contributed by atoms with Crippen molar-refractivity contribution >= 4 is 0 Å². The van der Waals surface area contributed by atoms with Gasteiger partial charge in [0.05, 0.1) is 6.61 Å². The van der Waals surface area contributed by atoms with E-state index in [-0.39, 0.29) is 0 Å². The van der Waals surface area contributed by atoms with Crippen LogP contribution in [-0.2, 0) is 0 Å². The smallest absolute Gasteiger partial charge is 0.124 e. The Hall–Kier alpha value is -1.02. The zero-order valence-electron chi connectivity index (χ0n) is 13.2. The third kappa shape index (κ3) is 3.54. The second-order valence-corrected chi connectivity index (χ2v) is 5.94. The fraction of sp³-hybridized carbons (Fsp3) is 0.667. The Morgan fingerprint density at radius 1 is 1.25 bits per heavy atom. The molecule has 20 heavy (non-hydrogen) atoms. The molecule has 0 aromatic heterocycles. The number of rotatable bonds is 6. The summed E-state index contributed by atoms with van der Waals surface area (Å²) >= 11 is 0. The van der Waals surface area contributed by atoms with Crippen LogP contribution in [0.25, 0.3) is 0 Å². The summed E-state index contributed by atoms with van der Waals surface area (Å²) in [6.07, 6.45) is 6.79. The van der Waals surface area contributed by atoms with Gasteiger partial charge in [0.25, 0.3) is 0 Å². The average molecular weight is 275 g/mol. The van der Waals surface area contributed by atoms with E-state index in [2.05, 4.69) is 50.5 Å². The van der Waals surface area contributed by atoms with Gasteiger partial charge in [-0.1, -0.05) is 44.4 Å². The van der Waals surface area contributed by atoms with E-state index in [1.807, 2.05) is 0 Å². The lowest BCUT2D eigenvalue weighted by Gasteiger charge is -2.35. The van der Waals surface area contributed by atoms with Crippen LogP contribution in [0.2, 0.25) is 0 Å². The Kier molecular flexibility index (Phi) is 5.90. The molecule has 1 aromatic rings. The Balaban J connectivity index is 2.18. The van der Waals surface area contributed by atoms with Crippen LogP contribution in [0.15, 0.2) is 24.3 Å². The van der Waals surface area contributed by atoms with Crippen LogP contribution in [0.5, 0.6) is 5.75 Å². The molecule has 1 aliphatic rings. The summed E-state index contributed by atoms with van der Waals surface area (Å²) in [5.74, 6) is 2.69. The van der Waals surface area contributed by atoms with Crippen molar-refractivity contribution in [3.8, 4) is 5.75 Å². The molecular weight excluding hydrogens is 246 g/mol. The van der Waals surface area contributed by atoms with Gasteiger partial charge in [0.15, 0.2) is 0 Å². The summed E-state index contributed by atoms with van der Waals surface area (Å²) in [5, 5.41) is 3.55. The highest BCUT2D eigenvalue weighted by Gasteiger charge is 2.29. The van der Waals surface area contributed by atoms with E-state index in [0.717, 1.165) is 24.2 Å². The highest BCUT2D eigenvalue weighted by molar-refractivity contribution is 5.36. The fourth-order valence-corrected chi connectivity index (χ4v) is 3.68. The predicted molar refractivity (Wildman–Crippen MR) is 85.2 cm³/mol. The molecule has 1 aliphatic carbocycles. The molecule has 2 heteroatoms. The van der Waals surface area contributed by atoms with E-state index in [9.17, 15) is 0 Å². The molecule has 0 saturated heterocycles. The van der Waals surface area contributed by atoms with Gasteiger partial charge in [-0.2, -0.15) is 0 Å². The van der Waals surface area contributed by atoms with E-state index in [1.165, 1.54) is 37.7 Å². The molecule has 1 fully saturated rings. The van der Waals surface area contributed by atoms with E-state index in [1.54, 1.807) is 0 Å². The van der Waals surface area contributed by atoms with Crippen LogP contribution in [0, 0.1) is 11.8 Å². The third-order valence-corrected chi connectivity index (χ3v) is 4.74. The second kappa shape index (κ2) is 7.68. The molecule has 0 amide bonds. The Bertz CT molecular complexity index is 404. The number of hydrogen-bond donors (Lipinski definition) is 1. The van der Waals surface area contributed by atoms with Crippen LogP contribution in [0.3, 0.4) is 0 Å². The first kappa shape index (κ1) is 15.4. The van der Waals surface area contributed by atoms with Gasteiger partial charge in [-0.05, 0) is 44.7 Å². The third-order valence-electron chi connectivity index (χ3n) is 4.74. The molecule has 1 N–H and O–H groups in total. The van der Waals surface area contributed by atoms with Crippen molar-refractivity contribution < 1.29 is 4.74 Å². The minimum Gasteiger partial charge on any atom is -0.494 e. The summed E-state index contributed by atoms with van der Waals surface area (Å²) in [6.45, 7) is 5.12. The molecule has 0 radical (unpaired) electrons.